The highest BCUT2D eigenvalue weighted by atomic mass is 32.1. The molecule has 7 nitrogen and oxygen atoms in total. The topological polar surface area (TPSA) is 78.2 Å². The molecule has 0 spiro atoms. The Bertz CT molecular complexity index is 1160. The van der Waals surface area contributed by atoms with E-state index in [9.17, 15) is 0 Å². The van der Waals surface area contributed by atoms with Gasteiger partial charge in [0, 0.05) is 25.2 Å². The monoisotopic (exact) mass is 573 g/mol. The molecule has 5 rings (SSSR count). The van der Waals surface area contributed by atoms with Crippen molar-refractivity contribution in [2.75, 3.05) is 48.1 Å². The lowest BCUT2D eigenvalue weighted by molar-refractivity contribution is 0.0434. The van der Waals surface area contributed by atoms with Crippen LogP contribution in [0.5, 0.6) is 23.0 Å². The van der Waals surface area contributed by atoms with Gasteiger partial charge in [0.25, 0.3) is 0 Å². The molecular weight excluding hydrogens is 530 g/mol. The van der Waals surface area contributed by atoms with E-state index in [0.29, 0.717) is 23.9 Å². The summed E-state index contributed by atoms with van der Waals surface area (Å²) in [6.45, 7) is 5.66. The predicted molar refractivity (Wildman–Crippen MR) is 164 cm³/mol. The molecule has 2 aromatic carbocycles. The quantitative estimate of drug-likeness (QED) is 0.312. The lowest BCUT2D eigenvalue weighted by Crippen LogP contribution is -2.46. The van der Waals surface area contributed by atoms with Crippen molar-refractivity contribution in [3.8, 4) is 23.0 Å². The first-order valence-electron chi connectivity index (χ1n) is 13.8. The molecule has 1 fully saturated rings. The Morgan fingerprint density at radius 1 is 0.923 bits per heavy atom. The van der Waals surface area contributed by atoms with Crippen molar-refractivity contribution in [1.82, 2.24) is 10.2 Å². The summed E-state index contributed by atoms with van der Waals surface area (Å²) in [5, 5.41) is 3.83. The third-order valence-corrected chi connectivity index (χ3v) is 8.64. The lowest BCUT2D eigenvalue weighted by Gasteiger charge is -2.48. The SMILES string of the molecule is CC[C@H]1CN2CCc3cc(OC)c(OC)cc3[C@@H]2C[C@@H]1C[C@H]1NCCc2cc(OC)c(OC)cc21.NC(=S)S. The molecule has 214 valence electrons. The van der Waals surface area contributed by atoms with E-state index < -0.39 is 0 Å². The minimum absolute atomic E-state index is 0.194. The molecule has 1 saturated heterocycles. The minimum atomic E-state index is 0.194. The standard InChI is InChI=1S/C29H40N2O4.CH3NS2/c1-6-18-17-31-10-8-20-14-27(33-3)29(35-5)16-23(20)25(31)12-21(18)11-24-22-15-28(34-4)26(32-2)13-19(22)7-9-30-24;2-1(3)4/h13-16,18,21,24-25,30H,6-12,17H2,1-5H3;(H3,2,3,4)/t18-,21-,24+,25-;/m0./s1. The molecule has 4 atom stereocenters. The molecule has 3 aliphatic heterocycles. The minimum Gasteiger partial charge on any atom is -0.493 e. The Hall–Kier alpha value is -2.20. The molecule has 3 aliphatic rings. The summed E-state index contributed by atoms with van der Waals surface area (Å²) in [7, 11) is 6.90. The van der Waals surface area contributed by atoms with Crippen molar-refractivity contribution in [3.05, 3.63) is 46.5 Å². The fourth-order valence-corrected chi connectivity index (χ4v) is 6.74. The zero-order chi connectivity index (χ0) is 28.1. The first-order chi connectivity index (χ1) is 18.8. The maximum atomic E-state index is 5.68. The average Bonchev–Trinajstić information content (AvgIpc) is 2.95. The maximum absolute atomic E-state index is 5.68. The summed E-state index contributed by atoms with van der Waals surface area (Å²) in [4.78, 5) is 2.72. The van der Waals surface area contributed by atoms with Gasteiger partial charge in [-0.15, -0.1) is 12.6 Å². The Balaban J connectivity index is 0.000000826. The third-order valence-electron chi connectivity index (χ3n) is 8.64. The van der Waals surface area contributed by atoms with E-state index in [2.05, 4.69) is 66.3 Å². The van der Waals surface area contributed by atoms with Crippen LogP contribution in [0.1, 0.15) is 60.5 Å². The fourth-order valence-electron chi connectivity index (χ4n) is 6.74. The van der Waals surface area contributed by atoms with Gasteiger partial charge in [0.1, 0.15) is 4.32 Å². The number of hydrogen-bond acceptors (Lipinski definition) is 7. The molecule has 3 N–H and O–H groups in total. The summed E-state index contributed by atoms with van der Waals surface area (Å²) in [6, 6.07) is 9.61. The van der Waals surface area contributed by atoms with Crippen molar-refractivity contribution >= 4 is 29.2 Å². The number of nitrogens with zero attached hydrogens (tertiary/aromatic N) is 1. The molecule has 0 unspecified atom stereocenters. The highest BCUT2D eigenvalue weighted by Crippen LogP contribution is 2.48. The first-order valence-corrected chi connectivity index (χ1v) is 14.6. The number of nitrogens with one attached hydrogen (secondary N) is 1. The van der Waals surface area contributed by atoms with Crippen molar-refractivity contribution < 1.29 is 18.9 Å². The highest BCUT2D eigenvalue weighted by Gasteiger charge is 2.40. The second kappa shape index (κ2) is 13.4. The molecule has 2 aromatic rings. The lowest BCUT2D eigenvalue weighted by atomic mass is 9.72. The largest absolute Gasteiger partial charge is 0.493 e. The second-order valence-electron chi connectivity index (χ2n) is 10.6. The van der Waals surface area contributed by atoms with Crippen LogP contribution in [0.25, 0.3) is 0 Å². The number of rotatable bonds is 7. The van der Waals surface area contributed by atoms with Crippen LogP contribution in [0.3, 0.4) is 0 Å². The number of hydrogen-bond donors (Lipinski definition) is 3. The summed E-state index contributed by atoms with van der Waals surface area (Å²) in [5.74, 6) is 4.69. The fraction of sp³-hybridized carbons (Fsp3) is 0.567. The molecule has 9 heteroatoms. The third kappa shape index (κ3) is 6.59. The Labute approximate surface area is 244 Å². The first kappa shape index (κ1) is 29.8. The van der Waals surface area contributed by atoms with Crippen LogP contribution in [0.2, 0.25) is 0 Å². The van der Waals surface area contributed by atoms with Crippen LogP contribution >= 0.6 is 24.8 Å². The van der Waals surface area contributed by atoms with Gasteiger partial charge in [-0.2, -0.15) is 0 Å². The maximum Gasteiger partial charge on any atom is 0.161 e. The van der Waals surface area contributed by atoms with Crippen LogP contribution in [0.4, 0.5) is 0 Å². The number of piperidine rings is 1. The van der Waals surface area contributed by atoms with Gasteiger partial charge in [-0.1, -0.05) is 25.6 Å². The van der Waals surface area contributed by atoms with Gasteiger partial charge >= 0.3 is 0 Å². The molecule has 0 aromatic heterocycles. The van der Waals surface area contributed by atoms with Crippen LogP contribution in [0, 0.1) is 11.8 Å². The molecule has 0 radical (unpaired) electrons. The predicted octanol–water partition coefficient (Wildman–Crippen LogP) is 5.10. The normalized spacial score (nSPS) is 23.7. The van der Waals surface area contributed by atoms with E-state index in [0.717, 1.165) is 55.4 Å². The van der Waals surface area contributed by atoms with E-state index in [4.69, 9.17) is 24.7 Å². The van der Waals surface area contributed by atoms with Crippen LogP contribution in [-0.4, -0.2) is 57.3 Å². The van der Waals surface area contributed by atoms with E-state index in [1.807, 2.05) is 0 Å². The number of methoxy groups -OCH3 is 4. The zero-order valence-corrected chi connectivity index (χ0v) is 25.5. The van der Waals surface area contributed by atoms with E-state index in [1.165, 1.54) is 41.6 Å². The Morgan fingerprint density at radius 2 is 1.46 bits per heavy atom. The van der Waals surface area contributed by atoms with Gasteiger partial charge < -0.3 is 30.0 Å². The molecule has 3 heterocycles. The average molecular weight is 574 g/mol. The van der Waals surface area contributed by atoms with Crippen LogP contribution < -0.4 is 30.0 Å². The molecule has 0 saturated carbocycles. The molecule has 0 bridgehead atoms. The summed E-state index contributed by atoms with van der Waals surface area (Å²) in [6.07, 6.45) is 5.65. The Morgan fingerprint density at radius 3 is 2.03 bits per heavy atom. The number of thiocarbonyl (C=S) groups is 1. The second-order valence-corrected chi connectivity index (χ2v) is 11.8. The van der Waals surface area contributed by atoms with Gasteiger partial charge in [0.2, 0.25) is 0 Å². The van der Waals surface area contributed by atoms with E-state index in [-0.39, 0.29) is 4.32 Å². The van der Waals surface area contributed by atoms with Crippen molar-refractivity contribution in [2.24, 2.45) is 17.6 Å². The van der Waals surface area contributed by atoms with Crippen molar-refractivity contribution in [3.63, 3.8) is 0 Å². The van der Waals surface area contributed by atoms with Gasteiger partial charge in [-0.25, -0.2) is 0 Å². The number of benzene rings is 2. The summed E-state index contributed by atoms with van der Waals surface area (Å²) in [5.41, 5.74) is 10.3. The van der Waals surface area contributed by atoms with Gasteiger partial charge in [-0.3, -0.25) is 4.90 Å². The number of ether oxygens (including phenoxy) is 4. The van der Waals surface area contributed by atoms with Gasteiger partial charge in [-0.05, 0) is 90.6 Å². The van der Waals surface area contributed by atoms with Gasteiger partial charge in [0.05, 0.1) is 28.4 Å². The summed E-state index contributed by atoms with van der Waals surface area (Å²) >= 11 is 7.65. The number of fused-ring (bicyclic) bond motifs is 4. The number of thiol groups is 1. The van der Waals surface area contributed by atoms with E-state index >= 15 is 0 Å². The van der Waals surface area contributed by atoms with Crippen LogP contribution in [0.15, 0.2) is 24.3 Å². The highest BCUT2D eigenvalue weighted by molar-refractivity contribution is 8.10. The Kier molecular flexibility index (Phi) is 10.3. The van der Waals surface area contributed by atoms with Crippen molar-refractivity contribution in [2.45, 2.75) is 51.1 Å². The molecule has 0 amide bonds. The zero-order valence-electron chi connectivity index (χ0n) is 23.8. The van der Waals surface area contributed by atoms with Crippen LogP contribution in [-0.2, 0) is 12.8 Å². The molecule has 0 aliphatic carbocycles. The van der Waals surface area contributed by atoms with Crippen molar-refractivity contribution in [1.29, 1.82) is 0 Å². The smallest absolute Gasteiger partial charge is 0.161 e. The van der Waals surface area contributed by atoms with Gasteiger partial charge in [0.15, 0.2) is 23.0 Å². The van der Waals surface area contributed by atoms with E-state index in [1.54, 1.807) is 28.4 Å². The summed E-state index contributed by atoms with van der Waals surface area (Å²) < 4.78 is 22.7. The molecule has 39 heavy (non-hydrogen) atoms. The molecular formula is C30H43N3O4S2. The number of nitrogens with two attached hydrogens (primary N) is 1.